The number of carbonyl (C=O) groups is 1. The van der Waals surface area contributed by atoms with Crippen LogP contribution in [0.4, 0.5) is 0 Å². The van der Waals surface area contributed by atoms with Gasteiger partial charge in [0.1, 0.15) is 0 Å². The van der Waals surface area contributed by atoms with Crippen LogP contribution in [-0.4, -0.2) is 54.5 Å². The van der Waals surface area contributed by atoms with Crippen LogP contribution in [0, 0.1) is 11.8 Å². The largest absolute Gasteiger partial charge is 0.342 e. The summed E-state index contributed by atoms with van der Waals surface area (Å²) in [7, 11) is 0. The van der Waals surface area contributed by atoms with Crippen LogP contribution in [0.5, 0.6) is 0 Å². The maximum atomic E-state index is 12.5. The molecule has 2 rings (SSSR count). The molecule has 20 heavy (non-hydrogen) atoms. The van der Waals surface area contributed by atoms with Gasteiger partial charge in [0.2, 0.25) is 5.91 Å². The summed E-state index contributed by atoms with van der Waals surface area (Å²) in [4.78, 5) is 17.2. The van der Waals surface area contributed by atoms with E-state index in [2.05, 4.69) is 23.6 Å². The van der Waals surface area contributed by atoms with Crippen molar-refractivity contribution in [1.29, 1.82) is 0 Å². The normalized spacial score (nSPS) is 23.5. The lowest BCUT2D eigenvalue weighted by Gasteiger charge is -2.38. The second-order valence-electron chi connectivity index (χ2n) is 6.86. The van der Waals surface area contributed by atoms with Gasteiger partial charge >= 0.3 is 0 Å². The maximum absolute atomic E-state index is 12.5. The summed E-state index contributed by atoms with van der Waals surface area (Å²) in [5, 5.41) is 0. The number of carbonyl (C=O) groups excluding carboxylic acids is 1. The van der Waals surface area contributed by atoms with Crippen LogP contribution in [0.2, 0.25) is 0 Å². The van der Waals surface area contributed by atoms with E-state index in [1.165, 1.54) is 25.9 Å². The molecule has 2 fully saturated rings. The molecular weight excluding hydrogens is 250 g/mol. The molecule has 0 bridgehead atoms. The van der Waals surface area contributed by atoms with Crippen LogP contribution < -0.4 is 5.73 Å². The van der Waals surface area contributed by atoms with Gasteiger partial charge in [0, 0.05) is 25.7 Å². The summed E-state index contributed by atoms with van der Waals surface area (Å²) in [6, 6.07) is 0.711. The lowest BCUT2D eigenvalue weighted by molar-refractivity contribution is -0.137. The van der Waals surface area contributed by atoms with Gasteiger partial charge in [-0.3, -0.25) is 4.79 Å². The Bertz CT molecular complexity index is 305. The molecule has 2 aliphatic rings. The molecule has 0 saturated carbocycles. The van der Waals surface area contributed by atoms with E-state index in [0.29, 0.717) is 24.4 Å². The third-order valence-electron chi connectivity index (χ3n) is 4.82. The number of piperidine rings is 1. The van der Waals surface area contributed by atoms with Crippen LogP contribution in [0.25, 0.3) is 0 Å². The van der Waals surface area contributed by atoms with E-state index in [1.54, 1.807) is 0 Å². The van der Waals surface area contributed by atoms with Crippen molar-refractivity contribution in [2.45, 2.75) is 52.0 Å². The molecule has 0 aromatic heterocycles. The van der Waals surface area contributed by atoms with Gasteiger partial charge in [-0.1, -0.05) is 13.8 Å². The van der Waals surface area contributed by atoms with E-state index in [4.69, 9.17) is 5.73 Å². The van der Waals surface area contributed by atoms with E-state index in [9.17, 15) is 4.79 Å². The fourth-order valence-corrected chi connectivity index (χ4v) is 3.68. The Balaban J connectivity index is 1.81. The quantitative estimate of drug-likeness (QED) is 0.834. The first-order valence-corrected chi connectivity index (χ1v) is 8.34. The smallest absolute Gasteiger partial charge is 0.226 e. The van der Waals surface area contributed by atoms with Gasteiger partial charge in [-0.15, -0.1) is 0 Å². The molecule has 2 N–H and O–H groups in total. The zero-order chi connectivity index (χ0) is 14.5. The Labute approximate surface area is 123 Å². The lowest BCUT2D eigenvalue weighted by atomic mass is 9.94. The van der Waals surface area contributed by atoms with Gasteiger partial charge in [0.05, 0.1) is 5.92 Å². The number of nitrogens with two attached hydrogens (primary N) is 1. The third-order valence-corrected chi connectivity index (χ3v) is 4.82. The molecule has 116 valence electrons. The number of nitrogens with zero attached hydrogens (tertiary/aromatic N) is 2. The predicted molar refractivity (Wildman–Crippen MR) is 82.4 cm³/mol. The second kappa shape index (κ2) is 7.41. The number of hydrogen-bond acceptors (Lipinski definition) is 3. The highest BCUT2D eigenvalue weighted by Crippen LogP contribution is 2.23. The van der Waals surface area contributed by atoms with Crippen molar-refractivity contribution in [3.05, 3.63) is 0 Å². The molecule has 1 atom stereocenters. The minimum absolute atomic E-state index is 0.0262. The van der Waals surface area contributed by atoms with Crippen LogP contribution in [0.15, 0.2) is 0 Å². The fraction of sp³-hybridized carbons (Fsp3) is 0.938. The fourth-order valence-electron chi connectivity index (χ4n) is 3.68. The predicted octanol–water partition coefficient (Wildman–Crippen LogP) is 1.69. The summed E-state index contributed by atoms with van der Waals surface area (Å²) < 4.78 is 0. The number of hydrogen-bond donors (Lipinski definition) is 1. The van der Waals surface area contributed by atoms with Crippen molar-refractivity contribution in [1.82, 2.24) is 9.80 Å². The molecule has 4 nitrogen and oxygen atoms in total. The van der Waals surface area contributed by atoms with Crippen LogP contribution >= 0.6 is 0 Å². The van der Waals surface area contributed by atoms with Crippen molar-refractivity contribution in [3.8, 4) is 0 Å². The van der Waals surface area contributed by atoms with Gasteiger partial charge in [-0.05, 0) is 51.1 Å². The Hall–Kier alpha value is -0.610. The van der Waals surface area contributed by atoms with E-state index in [-0.39, 0.29) is 5.92 Å². The highest BCUT2D eigenvalue weighted by atomic mass is 16.2. The molecule has 2 saturated heterocycles. The molecule has 0 spiro atoms. The molecule has 1 unspecified atom stereocenters. The van der Waals surface area contributed by atoms with E-state index in [0.717, 1.165) is 32.4 Å². The Morgan fingerprint density at radius 1 is 1.15 bits per heavy atom. The van der Waals surface area contributed by atoms with E-state index < -0.39 is 0 Å². The minimum atomic E-state index is 0.0262. The monoisotopic (exact) mass is 281 g/mol. The van der Waals surface area contributed by atoms with E-state index in [1.807, 2.05) is 0 Å². The topological polar surface area (TPSA) is 49.6 Å². The highest BCUT2D eigenvalue weighted by Gasteiger charge is 2.30. The molecule has 0 aliphatic carbocycles. The standard InChI is InChI=1S/C16H31N3O/c1-13(2)11-14(12-17)16(20)19-9-5-15(6-10-19)18-7-3-4-8-18/h13-15H,3-12,17H2,1-2H3. The molecule has 0 aromatic rings. The second-order valence-corrected chi connectivity index (χ2v) is 6.86. The summed E-state index contributed by atoms with van der Waals surface area (Å²) in [6.45, 7) is 9.19. The summed E-state index contributed by atoms with van der Waals surface area (Å²) in [5.74, 6) is 0.856. The zero-order valence-corrected chi connectivity index (χ0v) is 13.2. The average Bonchev–Trinajstić information content (AvgIpc) is 2.98. The van der Waals surface area contributed by atoms with Crippen LogP contribution in [-0.2, 0) is 4.79 Å². The van der Waals surface area contributed by atoms with Crippen molar-refractivity contribution >= 4 is 5.91 Å². The molecule has 1 amide bonds. The van der Waals surface area contributed by atoms with Crippen molar-refractivity contribution in [3.63, 3.8) is 0 Å². The molecule has 2 heterocycles. The number of amides is 1. The number of likely N-dealkylation sites (tertiary alicyclic amines) is 2. The van der Waals surface area contributed by atoms with Crippen LogP contribution in [0.3, 0.4) is 0 Å². The van der Waals surface area contributed by atoms with Crippen molar-refractivity contribution in [2.24, 2.45) is 17.6 Å². The highest BCUT2D eigenvalue weighted by molar-refractivity contribution is 5.79. The zero-order valence-electron chi connectivity index (χ0n) is 13.2. The molecule has 4 heteroatoms. The van der Waals surface area contributed by atoms with Crippen LogP contribution in [0.1, 0.15) is 46.0 Å². The Morgan fingerprint density at radius 2 is 1.75 bits per heavy atom. The van der Waals surface area contributed by atoms with E-state index >= 15 is 0 Å². The third kappa shape index (κ3) is 3.95. The Kier molecular flexibility index (Phi) is 5.85. The first-order chi connectivity index (χ1) is 9.61. The SMILES string of the molecule is CC(C)CC(CN)C(=O)N1CCC(N2CCCC2)CC1. The molecule has 0 aromatic carbocycles. The molecular formula is C16H31N3O. The summed E-state index contributed by atoms with van der Waals surface area (Å²) in [6.07, 6.45) is 5.91. The molecule has 2 aliphatic heterocycles. The average molecular weight is 281 g/mol. The van der Waals surface area contributed by atoms with Crippen molar-refractivity contribution < 1.29 is 4.79 Å². The molecule has 0 radical (unpaired) electrons. The first kappa shape index (κ1) is 15.8. The number of rotatable bonds is 5. The van der Waals surface area contributed by atoms with Gasteiger partial charge in [-0.2, -0.15) is 0 Å². The Morgan fingerprint density at radius 3 is 2.25 bits per heavy atom. The lowest BCUT2D eigenvalue weighted by Crippen LogP contribution is -2.48. The van der Waals surface area contributed by atoms with Gasteiger partial charge in [0.25, 0.3) is 0 Å². The van der Waals surface area contributed by atoms with Crippen molar-refractivity contribution in [2.75, 3.05) is 32.7 Å². The first-order valence-electron chi connectivity index (χ1n) is 8.34. The summed E-state index contributed by atoms with van der Waals surface area (Å²) >= 11 is 0. The maximum Gasteiger partial charge on any atom is 0.226 e. The van der Waals surface area contributed by atoms with Gasteiger partial charge in [0.15, 0.2) is 0 Å². The minimum Gasteiger partial charge on any atom is -0.342 e. The summed E-state index contributed by atoms with van der Waals surface area (Å²) in [5.41, 5.74) is 5.80. The van der Waals surface area contributed by atoms with Gasteiger partial charge in [-0.25, -0.2) is 0 Å². The van der Waals surface area contributed by atoms with Gasteiger partial charge < -0.3 is 15.5 Å².